The second kappa shape index (κ2) is 12.4. The fraction of sp³-hybridized carbons (Fsp3) is 0.905. The summed E-state index contributed by atoms with van der Waals surface area (Å²) in [6.07, 6.45) is 13.7. The van der Waals surface area contributed by atoms with Gasteiger partial charge in [0, 0.05) is 31.6 Å². The first-order chi connectivity index (χ1) is 22.3. The highest BCUT2D eigenvalue weighted by Gasteiger charge is 2.71. The van der Waals surface area contributed by atoms with Crippen molar-refractivity contribution in [3.8, 4) is 0 Å². The number of ether oxygens (including phenoxy) is 1. The monoisotopic (exact) mass is 667 g/mol. The summed E-state index contributed by atoms with van der Waals surface area (Å²) in [5.74, 6) is 2.06. The molecule has 10 atom stereocenters. The molecule has 5 aliphatic carbocycles. The molecule has 0 aromatic carbocycles. The van der Waals surface area contributed by atoms with Crippen LogP contribution >= 0.6 is 0 Å². The Labute approximate surface area is 293 Å². The summed E-state index contributed by atoms with van der Waals surface area (Å²) in [5.41, 5.74) is 1.51. The number of hydrogen-bond acceptors (Lipinski definition) is 5. The third-order valence-corrected chi connectivity index (χ3v) is 17.1. The third-order valence-electron chi connectivity index (χ3n) is 17.1. The number of carboxylic acids is 1. The maximum atomic E-state index is 13.1. The van der Waals surface area contributed by atoms with E-state index in [9.17, 15) is 14.7 Å². The van der Waals surface area contributed by atoms with Gasteiger partial charge in [0.25, 0.3) is 0 Å². The lowest BCUT2D eigenvalue weighted by Crippen LogP contribution is -2.66. The van der Waals surface area contributed by atoms with Gasteiger partial charge in [0.1, 0.15) is 6.10 Å². The molecule has 1 heterocycles. The Bertz CT molecular complexity index is 1270. The highest BCUT2D eigenvalue weighted by atomic mass is 16.5. The second-order valence-corrected chi connectivity index (χ2v) is 20.1. The normalized spacial score (nSPS) is 44.5. The van der Waals surface area contributed by atoms with E-state index in [0.29, 0.717) is 34.0 Å². The number of fused-ring (bicyclic) bond motifs is 7. The van der Waals surface area contributed by atoms with Crippen LogP contribution in [0.5, 0.6) is 0 Å². The zero-order chi connectivity index (χ0) is 35.1. The topological polar surface area (TPSA) is 70.1 Å². The van der Waals surface area contributed by atoms with Crippen molar-refractivity contribution in [3.63, 3.8) is 0 Å². The summed E-state index contributed by atoms with van der Waals surface area (Å²) in [6, 6.07) is 0. The van der Waals surface area contributed by atoms with Crippen molar-refractivity contribution >= 4 is 11.9 Å². The molecule has 0 amide bonds. The van der Waals surface area contributed by atoms with Gasteiger partial charge in [-0.3, -0.25) is 9.59 Å². The van der Waals surface area contributed by atoms with Gasteiger partial charge in [-0.15, -0.1) is 0 Å². The van der Waals surface area contributed by atoms with Gasteiger partial charge in [-0.2, -0.15) is 0 Å². The standard InChI is InChI=1S/C42H70N2O4/c1-28(2)29-13-18-42(21-22-44-25-23-43(10)24-26-44)20-19-40(8)30(35(29)42)11-12-32-39(7)16-15-33(48-34(45)27-37(3,4)36(46)47)38(5,6)31(39)14-17-41(32,40)9/h29-33,35H,1,11-27H2,2-10H3,(H,46,47)/t29-,30+,31-,32+,33-,35+,39-,40+,41+,42+/m0/s1. The largest absolute Gasteiger partial charge is 0.481 e. The van der Waals surface area contributed by atoms with Gasteiger partial charge in [-0.05, 0) is 156 Å². The van der Waals surface area contributed by atoms with E-state index in [1.54, 1.807) is 13.8 Å². The third kappa shape index (κ3) is 5.64. The Morgan fingerprint density at radius 2 is 1.54 bits per heavy atom. The van der Waals surface area contributed by atoms with E-state index in [1.165, 1.54) is 96.1 Å². The molecule has 6 heteroatoms. The van der Waals surface area contributed by atoms with Crippen molar-refractivity contribution in [1.29, 1.82) is 0 Å². The Morgan fingerprint density at radius 3 is 2.19 bits per heavy atom. The van der Waals surface area contributed by atoms with Gasteiger partial charge < -0.3 is 19.6 Å². The van der Waals surface area contributed by atoms with Gasteiger partial charge in [0.15, 0.2) is 0 Å². The van der Waals surface area contributed by atoms with Gasteiger partial charge in [0.2, 0.25) is 0 Å². The van der Waals surface area contributed by atoms with Crippen molar-refractivity contribution < 1.29 is 19.4 Å². The first kappa shape index (κ1) is 36.4. The number of allylic oxidation sites excluding steroid dienone is 1. The van der Waals surface area contributed by atoms with Gasteiger partial charge in [-0.1, -0.05) is 46.8 Å². The molecule has 0 radical (unpaired) electrons. The van der Waals surface area contributed by atoms with Crippen LogP contribution in [0.15, 0.2) is 12.2 Å². The fourth-order valence-corrected chi connectivity index (χ4v) is 14.0. The molecular weight excluding hydrogens is 596 g/mol. The van der Waals surface area contributed by atoms with Gasteiger partial charge >= 0.3 is 11.9 Å². The molecule has 0 aromatic heterocycles. The number of esters is 1. The molecule has 48 heavy (non-hydrogen) atoms. The van der Waals surface area contributed by atoms with Crippen LogP contribution in [-0.4, -0.2) is 72.7 Å². The zero-order valence-electron chi connectivity index (χ0n) is 32.3. The number of nitrogens with zero attached hydrogens (tertiary/aromatic N) is 2. The minimum Gasteiger partial charge on any atom is -0.481 e. The van der Waals surface area contributed by atoms with Crippen LogP contribution in [0.25, 0.3) is 0 Å². The molecule has 272 valence electrons. The number of rotatable bonds is 8. The lowest BCUT2D eigenvalue weighted by Gasteiger charge is -2.73. The molecule has 6 fully saturated rings. The summed E-state index contributed by atoms with van der Waals surface area (Å²) >= 11 is 0. The van der Waals surface area contributed by atoms with Crippen LogP contribution in [-0.2, 0) is 14.3 Å². The number of aliphatic carboxylic acids is 1. The quantitative estimate of drug-likeness (QED) is 0.207. The van der Waals surface area contributed by atoms with E-state index in [1.807, 2.05) is 0 Å². The highest BCUT2D eigenvalue weighted by molar-refractivity contribution is 5.81. The maximum absolute atomic E-state index is 13.1. The van der Waals surface area contributed by atoms with Crippen LogP contribution in [0.2, 0.25) is 0 Å². The van der Waals surface area contributed by atoms with Gasteiger partial charge in [-0.25, -0.2) is 0 Å². The molecule has 0 aromatic rings. The summed E-state index contributed by atoms with van der Waals surface area (Å²) in [5, 5.41) is 9.60. The van der Waals surface area contributed by atoms with Crippen molar-refractivity contribution in [2.24, 2.45) is 62.1 Å². The summed E-state index contributed by atoms with van der Waals surface area (Å²) in [4.78, 5) is 30.0. The molecule has 0 bridgehead atoms. The molecule has 0 spiro atoms. The smallest absolute Gasteiger partial charge is 0.309 e. The van der Waals surface area contributed by atoms with E-state index in [0.717, 1.165) is 24.7 Å². The van der Waals surface area contributed by atoms with E-state index in [-0.39, 0.29) is 29.3 Å². The average molecular weight is 667 g/mol. The fourth-order valence-electron chi connectivity index (χ4n) is 14.0. The summed E-state index contributed by atoms with van der Waals surface area (Å²) in [7, 11) is 2.26. The lowest BCUT2D eigenvalue weighted by molar-refractivity contribution is -0.250. The number of likely N-dealkylation sites (N-methyl/N-ethyl adjacent to an activating group) is 1. The average Bonchev–Trinajstić information content (AvgIpc) is 3.39. The lowest BCUT2D eigenvalue weighted by atomic mass is 9.32. The highest BCUT2D eigenvalue weighted by Crippen LogP contribution is 2.78. The van der Waals surface area contributed by atoms with Crippen molar-refractivity contribution in [2.45, 2.75) is 139 Å². The Hall–Kier alpha value is -1.40. The predicted octanol–water partition coefficient (Wildman–Crippen LogP) is 8.69. The van der Waals surface area contributed by atoms with E-state index < -0.39 is 11.4 Å². The van der Waals surface area contributed by atoms with Crippen LogP contribution in [0.4, 0.5) is 0 Å². The number of hydrogen-bond donors (Lipinski definition) is 1. The van der Waals surface area contributed by atoms with Crippen LogP contribution in [0, 0.1) is 62.1 Å². The minimum absolute atomic E-state index is 0.0828. The number of carbonyl (C=O) groups excluding carboxylic acids is 1. The number of carboxylic acid groups (broad SMARTS) is 1. The molecule has 1 aliphatic heterocycles. The Kier molecular flexibility index (Phi) is 9.39. The molecule has 6 aliphatic rings. The van der Waals surface area contributed by atoms with E-state index >= 15 is 0 Å². The molecular formula is C42H70N2O4. The van der Waals surface area contributed by atoms with Crippen LogP contribution < -0.4 is 0 Å². The van der Waals surface area contributed by atoms with Crippen LogP contribution in [0.3, 0.4) is 0 Å². The Morgan fingerprint density at radius 1 is 0.854 bits per heavy atom. The van der Waals surface area contributed by atoms with E-state index in [4.69, 9.17) is 4.74 Å². The SMILES string of the molecule is C=C(C)[C@@H]1CC[C@]2(CCN3CCN(C)CC3)CC[C@]3(C)[C@H](CC[C@@H]4[C@@]5(C)CC[C@H](OC(=O)CC(C)(C)C(=O)O)C(C)(C)[C@@H]5CC[C@]43C)[C@@H]12. The second-order valence-electron chi connectivity index (χ2n) is 20.1. The number of piperazine rings is 1. The molecule has 6 rings (SSSR count). The number of carbonyl (C=O) groups is 2. The first-order valence-electron chi connectivity index (χ1n) is 19.8. The van der Waals surface area contributed by atoms with Crippen molar-refractivity contribution in [1.82, 2.24) is 9.80 Å². The summed E-state index contributed by atoms with van der Waals surface area (Å²) in [6.45, 7) is 29.1. The maximum Gasteiger partial charge on any atom is 0.309 e. The van der Waals surface area contributed by atoms with Crippen LogP contribution in [0.1, 0.15) is 132 Å². The van der Waals surface area contributed by atoms with Gasteiger partial charge in [0.05, 0.1) is 11.8 Å². The van der Waals surface area contributed by atoms with E-state index in [2.05, 4.69) is 65.0 Å². The van der Waals surface area contributed by atoms with Crippen molar-refractivity contribution in [3.05, 3.63) is 12.2 Å². The molecule has 0 unspecified atom stereocenters. The predicted molar refractivity (Wildman–Crippen MR) is 193 cm³/mol. The van der Waals surface area contributed by atoms with Crippen molar-refractivity contribution in [2.75, 3.05) is 39.8 Å². The zero-order valence-corrected chi connectivity index (χ0v) is 32.3. The molecule has 5 saturated carbocycles. The summed E-state index contributed by atoms with van der Waals surface area (Å²) < 4.78 is 6.20. The molecule has 1 saturated heterocycles. The molecule has 6 nitrogen and oxygen atoms in total. The minimum atomic E-state index is -1.12. The Balaban J connectivity index is 1.23. The first-order valence-corrected chi connectivity index (χ1v) is 19.8. The molecule has 1 N–H and O–H groups in total.